The third-order valence-corrected chi connectivity index (χ3v) is 4.42. The van der Waals surface area contributed by atoms with E-state index in [0.29, 0.717) is 11.1 Å². The number of aromatic nitrogens is 2. The van der Waals surface area contributed by atoms with Gasteiger partial charge in [0.1, 0.15) is 0 Å². The molecule has 2 rings (SSSR count). The lowest BCUT2D eigenvalue weighted by atomic mass is 9.87. The van der Waals surface area contributed by atoms with Gasteiger partial charge in [-0.05, 0) is 43.9 Å². The molecule has 2 aromatic rings. The number of amides is 1. The lowest BCUT2D eigenvalue weighted by Gasteiger charge is -2.18. The molecule has 1 heterocycles. The number of rotatable bonds is 5. The molecule has 0 saturated heterocycles. The van der Waals surface area contributed by atoms with E-state index in [9.17, 15) is 4.79 Å². The fraction of sp³-hybridized carbons (Fsp3) is 0.500. The third kappa shape index (κ3) is 4.84. The molecule has 1 atom stereocenters. The first-order valence-electron chi connectivity index (χ1n) is 8.08. The third-order valence-electron chi connectivity index (χ3n) is 3.48. The smallest absolute Gasteiger partial charge is 0.277 e. The van der Waals surface area contributed by atoms with Crippen LogP contribution in [0.15, 0.2) is 33.9 Å². The Morgan fingerprint density at radius 2 is 1.75 bits per heavy atom. The Morgan fingerprint density at radius 3 is 2.29 bits per heavy atom. The summed E-state index contributed by atoms with van der Waals surface area (Å²) in [5.41, 5.74) is 2.23. The minimum absolute atomic E-state index is 0.0377. The number of hydrogen-bond donors (Lipinski definition) is 1. The zero-order valence-electron chi connectivity index (χ0n) is 15.1. The van der Waals surface area contributed by atoms with Gasteiger partial charge >= 0.3 is 0 Å². The maximum absolute atomic E-state index is 11.9. The topological polar surface area (TPSA) is 68.0 Å². The monoisotopic (exact) mass is 347 g/mol. The molecule has 5 nitrogen and oxygen atoms in total. The van der Waals surface area contributed by atoms with Crippen LogP contribution in [0.5, 0.6) is 0 Å². The Morgan fingerprint density at radius 1 is 1.12 bits per heavy atom. The van der Waals surface area contributed by atoms with E-state index in [-0.39, 0.29) is 22.6 Å². The first-order chi connectivity index (χ1) is 11.2. The van der Waals surface area contributed by atoms with E-state index in [1.807, 2.05) is 32.9 Å². The van der Waals surface area contributed by atoms with Crippen molar-refractivity contribution in [2.24, 2.45) is 0 Å². The van der Waals surface area contributed by atoms with Gasteiger partial charge in [-0.3, -0.25) is 4.79 Å². The van der Waals surface area contributed by atoms with Crippen molar-refractivity contribution in [3.63, 3.8) is 0 Å². The number of benzene rings is 1. The molecule has 0 aliphatic heterocycles. The van der Waals surface area contributed by atoms with Crippen molar-refractivity contribution in [3.05, 3.63) is 29.8 Å². The minimum Gasteiger partial charge on any atom is -0.411 e. The van der Waals surface area contributed by atoms with Crippen molar-refractivity contribution in [1.29, 1.82) is 0 Å². The number of carbonyl (C=O) groups excluding carboxylic acids is 1. The van der Waals surface area contributed by atoms with Crippen molar-refractivity contribution in [3.8, 4) is 11.5 Å². The van der Waals surface area contributed by atoms with Gasteiger partial charge in [0, 0.05) is 11.6 Å². The van der Waals surface area contributed by atoms with Gasteiger partial charge in [-0.25, -0.2) is 0 Å². The first-order valence-corrected chi connectivity index (χ1v) is 8.96. The van der Waals surface area contributed by atoms with Crippen LogP contribution in [-0.2, 0) is 10.2 Å². The Balaban J connectivity index is 2.06. The van der Waals surface area contributed by atoms with Crippen LogP contribution in [0.25, 0.3) is 11.5 Å². The Labute approximate surface area is 147 Å². The molecule has 0 radical (unpaired) electrons. The standard InChI is InChI=1S/C18H25N3O2S/c1-11(2)19-15(22)12(3)24-17-21-20-16(23-17)13-7-9-14(10-8-13)18(4,5)6/h7-12H,1-6H3,(H,19,22)/t12-/m1/s1. The van der Waals surface area contributed by atoms with E-state index >= 15 is 0 Å². The lowest BCUT2D eigenvalue weighted by Crippen LogP contribution is -2.35. The molecule has 6 heteroatoms. The highest BCUT2D eigenvalue weighted by Gasteiger charge is 2.19. The molecule has 0 aliphatic rings. The molecule has 0 spiro atoms. The first kappa shape index (κ1) is 18.5. The summed E-state index contributed by atoms with van der Waals surface area (Å²) in [6.45, 7) is 12.2. The van der Waals surface area contributed by atoms with Gasteiger partial charge < -0.3 is 9.73 Å². The van der Waals surface area contributed by atoms with Gasteiger partial charge in [-0.15, -0.1) is 10.2 Å². The van der Waals surface area contributed by atoms with Crippen molar-refractivity contribution in [2.75, 3.05) is 0 Å². The van der Waals surface area contributed by atoms with Crippen LogP contribution < -0.4 is 5.32 Å². The maximum Gasteiger partial charge on any atom is 0.277 e. The number of nitrogens with zero attached hydrogens (tertiary/aromatic N) is 2. The van der Waals surface area contributed by atoms with Crippen LogP contribution in [0.4, 0.5) is 0 Å². The summed E-state index contributed by atoms with van der Waals surface area (Å²) < 4.78 is 5.68. The molecule has 24 heavy (non-hydrogen) atoms. The molecular formula is C18H25N3O2S. The normalized spacial score (nSPS) is 13.1. The summed E-state index contributed by atoms with van der Waals surface area (Å²) in [6.07, 6.45) is 0. The van der Waals surface area contributed by atoms with Crippen LogP contribution in [0.2, 0.25) is 0 Å². The van der Waals surface area contributed by atoms with Crippen LogP contribution in [0, 0.1) is 0 Å². The Bertz CT molecular complexity index is 687. The highest BCUT2D eigenvalue weighted by molar-refractivity contribution is 8.00. The summed E-state index contributed by atoms with van der Waals surface area (Å²) in [5, 5.41) is 11.1. The van der Waals surface area contributed by atoms with E-state index < -0.39 is 0 Å². The maximum atomic E-state index is 11.9. The molecular weight excluding hydrogens is 322 g/mol. The summed E-state index contributed by atoms with van der Waals surface area (Å²) in [5.74, 6) is 0.429. The summed E-state index contributed by atoms with van der Waals surface area (Å²) in [6, 6.07) is 8.23. The van der Waals surface area contributed by atoms with Gasteiger partial charge in [0.2, 0.25) is 11.8 Å². The van der Waals surface area contributed by atoms with Crippen LogP contribution in [0.1, 0.15) is 47.1 Å². The molecule has 0 bridgehead atoms. The molecule has 0 aliphatic carbocycles. The average molecular weight is 347 g/mol. The van der Waals surface area contributed by atoms with Crippen LogP contribution >= 0.6 is 11.8 Å². The second kappa shape index (κ2) is 7.38. The number of hydrogen-bond acceptors (Lipinski definition) is 5. The van der Waals surface area contributed by atoms with E-state index in [1.54, 1.807) is 0 Å². The van der Waals surface area contributed by atoms with Gasteiger partial charge in [-0.2, -0.15) is 0 Å². The fourth-order valence-corrected chi connectivity index (χ4v) is 2.79. The van der Waals surface area contributed by atoms with Gasteiger partial charge in [0.05, 0.1) is 5.25 Å². The number of nitrogens with one attached hydrogen (secondary N) is 1. The van der Waals surface area contributed by atoms with Gasteiger partial charge in [0.15, 0.2) is 0 Å². The predicted molar refractivity (Wildman–Crippen MR) is 97.0 cm³/mol. The fourth-order valence-electron chi connectivity index (χ4n) is 2.09. The van der Waals surface area contributed by atoms with E-state index in [1.165, 1.54) is 17.3 Å². The number of thioether (sulfide) groups is 1. The average Bonchev–Trinajstić information content (AvgIpc) is 2.94. The summed E-state index contributed by atoms with van der Waals surface area (Å²) in [7, 11) is 0. The molecule has 1 amide bonds. The van der Waals surface area contributed by atoms with Crippen molar-refractivity contribution in [1.82, 2.24) is 15.5 Å². The molecule has 0 fully saturated rings. The van der Waals surface area contributed by atoms with Crippen molar-refractivity contribution in [2.45, 2.75) is 63.5 Å². The molecule has 0 unspecified atom stereocenters. The summed E-state index contributed by atoms with van der Waals surface area (Å²) >= 11 is 1.26. The summed E-state index contributed by atoms with van der Waals surface area (Å²) in [4.78, 5) is 11.9. The molecule has 1 aromatic heterocycles. The predicted octanol–water partition coefficient (Wildman–Crippen LogP) is 4.04. The molecule has 0 saturated carbocycles. The second-order valence-corrected chi connectivity index (χ2v) is 8.42. The highest BCUT2D eigenvalue weighted by atomic mass is 32.2. The SMILES string of the molecule is CC(C)NC(=O)[C@@H](C)Sc1nnc(-c2ccc(C(C)(C)C)cc2)o1. The van der Waals surface area contributed by atoms with Crippen LogP contribution in [-0.4, -0.2) is 27.4 Å². The van der Waals surface area contributed by atoms with Gasteiger partial charge in [0.25, 0.3) is 5.22 Å². The quantitative estimate of drug-likeness (QED) is 0.827. The lowest BCUT2D eigenvalue weighted by molar-refractivity contribution is -0.120. The van der Waals surface area contributed by atoms with Crippen LogP contribution in [0.3, 0.4) is 0 Å². The second-order valence-electron chi connectivity index (χ2n) is 7.12. The molecule has 1 N–H and O–H groups in total. The molecule has 1 aromatic carbocycles. The highest BCUT2D eigenvalue weighted by Crippen LogP contribution is 2.28. The Kier molecular flexibility index (Phi) is 5.70. The number of carbonyl (C=O) groups is 1. The van der Waals surface area contributed by atoms with Crippen molar-refractivity contribution >= 4 is 17.7 Å². The van der Waals surface area contributed by atoms with E-state index in [0.717, 1.165) is 5.56 Å². The molecule has 130 valence electrons. The Hall–Kier alpha value is -1.82. The van der Waals surface area contributed by atoms with E-state index in [2.05, 4.69) is 48.4 Å². The van der Waals surface area contributed by atoms with E-state index in [4.69, 9.17) is 4.42 Å². The zero-order chi connectivity index (χ0) is 17.9. The van der Waals surface area contributed by atoms with Gasteiger partial charge in [-0.1, -0.05) is 44.7 Å². The minimum atomic E-state index is -0.288. The zero-order valence-corrected chi connectivity index (χ0v) is 15.9. The largest absolute Gasteiger partial charge is 0.411 e. The van der Waals surface area contributed by atoms with Crippen molar-refractivity contribution < 1.29 is 9.21 Å².